The lowest BCUT2D eigenvalue weighted by Crippen LogP contribution is -2.27. The minimum Gasteiger partial charge on any atom is -0.495 e. The summed E-state index contributed by atoms with van der Waals surface area (Å²) in [7, 11) is 1.56. The zero-order valence-electron chi connectivity index (χ0n) is 17.4. The number of aliphatic imine (C=N–C) groups is 1. The zero-order valence-corrected chi connectivity index (χ0v) is 17.4. The number of halogens is 2. The van der Waals surface area contributed by atoms with E-state index in [4.69, 9.17) is 9.47 Å². The molecule has 10 heteroatoms. The van der Waals surface area contributed by atoms with Crippen LogP contribution >= 0.6 is 0 Å². The second kappa shape index (κ2) is 9.51. The molecule has 1 unspecified atom stereocenters. The number of amidine groups is 1. The van der Waals surface area contributed by atoms with Gasteiger partial charge in [-0.15, -0.1) is 0 Å². The molecule has 33 heavy (non-hydrogen) atoms. The standard InChI is InChI=1S/C23H19F2N3O5/c1-30-20-10-16(11-26-12-20)15-3-2-4-18(9-15)23(13-31-22(27-23)28-32-14-29)17-5-7-19(8-6-17)33-21(24)25/h2-12,14,21H,13H2,1H3,(H,27,28). The number of pyridine rings is 1. The van der Waals surface area contributed by atoms with Gasteiger partial charge in [-0.2, -0.15) is 14.3 Å². The van der Waals surface area contributed by atoms with Crippen LogP contribution in [0.3, 0.4) is 0 Å². The molecule has 1 aliphatic rings. The zero-order chi connectivity index (χ0) is 23.3. The van der Waals surface area contributed by atoms with Crippen LogP contribution in [0.5, 0.6) is 11.5 Å². The van der Waals surface area contributed by atoms with E-state index in [-0.39, 0.29) is 24.9 Å². The van der Waals surface area contributed by atoms with E-state index in [1.54, 1.807) is 31.6 Å². The van der Waals surface area contributed by atoms with Gasteiger partial charge in [0.2, 0.25) is 0 Å². The first-order chi connectivity index (χ1) is 16.0. The summed E-state index contributed by atoms with van der Waals surface area (Å²) in [4.78, 5) is 23.9. The fourth-order valence-corrected chi connectivity index (χ4v) is 3.56. The number of nitrogens with zero attached hydrogens (tertiary/aromatic N) is 2. The van der Waals surface area contributed by atoms with E-state index in [1.807, 2.05) is 30.3 Å². The van der Waals surface area contributed by atoms with Crippen molar-refractivity contribution in [1.29, 1.82) is 0 Å². The van der Waals surface area contributed by atoms with Gasteiger partial charge in [0.1, 0.15) is 18.1 Å². The summed E-state index contributed by atoms with van der Waals surface area (Å²) in [6, 6.07) is 15.6. The molecule has 1 N–H and O–H groups in total. The molecular formula is C23H19F2N3O5. The number of hydrogen-bond acceptors (Lipinski definition) is 8. The topological polar surface area (TPSA) is 91.3 Å². The first-order valence-corrected chi connectivity index (χ1v) is 9.77. The fraction of sp³-hybridized carbons (Fsp3) is 0.174. The van der Waals surface area contributed by atoms with Crippen molar-refractivity contribution in [2.24, 2.45) is 4.99 Å². The Morgan fingerprint density at radius 1 is 1.06 bits per heavy atom. The summed E-state index contributed by atoms with van der Waals surface area (Å²) in [5.74, 6) is 0.632. The lowest BCUT2D eigenvalue weighted by atomic mass is 9.83. The molecule has 2 aromatic carbocycles. The molecule has 0 bridgehead atoms. The summed E-state index contributed by atoms with van der Waals surface area (Å²) in [6.45, 7) is -2.65. The van der Waals surface area contributed by atoms with E-state index in [0.717, 1.165) is 16.7 Å². The lowest BCUT2D eigenvalue weighted by molar-refractivity contribution is -0.132. The van der Waals surface area contributed by atoms with E-state index in [1.165, 1.54) is 12.1 Å². The lowest BCUT2D eigenvalue weighted by Gasteiger charge is -2.26. The molecule has 2 heterocycles. The Labute approximate surface area is 187 Å². The van der Waals surface area contributed by atoms with Gasteiger partial charge in [0.25, 0.3) is 0 Å². The number of methoxy groups -OCH3 is 1. The minimum absolute atomic E-state index is 0.00320. The summed E-state index contributed by atoms with van der Waals surface area (Å²) in [5.41, 5.74) is 4.40. The largest absolute Gasteiger partial charge is 0.495 e. The first kappa shape index (κ1) is 22.0. The molecule has 1 aromatic heterocycles. The quantitative estimate of drug-likeness (QED) is 0.409. The van der Waals surface area contributed by atoms with Gasteiger partial charge >= 0.3 is 19.1 Å². The monoisotopic (exact) mass is 455 g/mol. The van der Waals surface area contributed by atoms with Gasteiger partial charge in [-0.05, 0) is 41.0 Å². The first-order valence-electron chi connectivity index (χ1n) is 9.77. The Balaban J connectivity index is 1.78. The van der Waals surface area contributed by atoms with Crippen LogP contribution in [0.2, 0.25) is 0 Å². The van der Waals surface area contributed by atoms with E-state index < -0.39 is 12.2 Å². The third-order valence-electron chi connectivity index (χ3n) is 5.08. The second-order valence-corrected chi connectivity index (χ2v) is 6.98. The van der Waals surface area contributed by atoms with Crippen molar-refractivity contribution in [2.75, 3.05) is 13.7 Å². The number of benzene rings is 2. The molecule has 0 saturated heterocycles. The normalized spacial score (nSPS) is 17.2. The maximum absolute atomic E-state index is 12.6. The van der Waals surface area contributed by atoms with E-state index in [9.17, 15) is 13.6 Å². The number of rotatable bonds is 8. The molecule has 1 aliphatic heterocycles. The number of aromatic nitrogens is 1. The van der Waals surface area contributed by atoms with E-state index in [2.05, 4.69) is 25.0 Å². The molecule has 0 saturated carbocycles. The molecule has 4 rings (SSSR count). The van der Waals surface area contributed by atoms with Crippen LogP contribution in [-0.4, -0.2) is 37.8 Å². The number of hydroxylamine groups is 1. The fourth-order valence-electron chi connectivity index (χ4n) is 3.56. The van der Waals surface area contributed by atoms with Crippen LogP contribution in [0.15, 0.2) is 72.0 Å². The average molecular weight is 455 g/mol. The third-order valence-corrected chi connectivity index (χ3v) is 5.08. The van der Waals surface area contributed by atoms with Crippen LogP contribution < -0.4 is 15.0 Å². The minimum atomic E-state index is -2.93. The molecular weight excluding hydrogens is 436 g/mol. The highest BCUT2D eigenvalue weighted by molar-refractivity contribution is 5.77. The van der Waals surface area contributed by atoms with Crippen molar-refractivity contribution in [1.82, 2.24) is 10.5 Å². The van der Waals surface area contributed by atoms with Gasteiger partial charge in [-0.3, -0.25) is 9.78 Å². The van der Waals surface area contributed by atoms with Crippen molar-refractivity contribution < 1.29 is 32.6 Å². The summed E-state index contributed by atoms with van der Waals surface area (Å²) in [6.07, 6.45) is 3.32. The van der Waals surface area contributed by atoms with Crippen LogP contribution in [0, 0.1) is 0 Å². The number of nitrogens with one attached hydrogen (secondary N) is 1. The number of carbonyl (C=O) groups excluding carboxylic acids is 1. The Morgan fingerprint density at radius 3 is 2.61 bits per heavy atom. The smallest absolute Gasteiger partial charge is 0.387 e. The molecule has 0 spiro atoms. The summed E-state index contributed by atoms with van der Waals surface area (Å²) < 4.78 is 40.5. The predicted molar refractivity (Wildman–Crippen MR) is 114 cm³/mol. The van der Waals surface area contributed by atoms with Gasteiger partial charge in [0.05, 0.1) is 13.3 Å². The van der Waals surface area contributed by atoms with Crippen molar-refractivity contribution in [3.05, 3.63) is 78.1 Å². The maximum atomic E-state index is 12.6. The SMILES string of the molecule is COc1cncc(-c2cccc(C3(c4ccc(OC(F)F)cc4)COC(NOC=O)=N3)c2)c1. The molecule has 1 atom stereocenters. The average Bonchev–Trinajstić information content (AvgIpc) is 3.28. The number of hydrogen-bond donors (Lipinski definition) is 1. The molecule has 0 radical (unpaired) electrons. The molecule has 170 valence electrons. The predicted octanol–water partition coefficient (Wildman–Crippen LogP) is 3.67. The molecule has 0 aliphatic carbocycles. The second-order valence-electron chi connectivity index (χ2n) is 6.98. The number of carbonyl (C=O) groups is 1. The van der Waals surface area contributed by atoms with E-state index in [0.29, 0.717) is 11.3 Å². The van der Waals surface area contributed by atoms with Crippen LogP contribution in [-0.2, 0) is 19.9 Å². The molecule has 0 amide bonds. The Bertz CT molecular complexity index is 1160. The Hall–Kier alpha value is -4.21. The number of ether oxygens (including phenoxy) is 3. The Morgan fingerprint density at radius 2 is 1.88 bits per heavy atom. The molecule has 0 fully saturated rings. The van der Waals surface area contributed by atoms with Crippen LogP contribution in [0.4, 0.5) is 8.78 Å². The molecule has 8 nitrogen and oxygen atoms in total. The van der Waals surface area contributed by atoms with Crippen LogP contribution in [0.25, 0.3) is 11.1 Å². The van der Waals surface area contributed by atoms with Gasteiger partial charge in [-0.25, -0.2) is 4.99 Å². The third kappa shape index (κ3) is 4.69. The van der Waals surface area contributed by atoms with Crippen molar-refractivity contribution in [3.63, 3.8) is 0 Å². The highest BCUT2D eigenvalue weighted by Crippen LogP contribution is 2.40. The van der Waals surface area contributed by atoms with Gasteiger partial charge < -0.3 is 19.0 Å². The summed E-state index contributed by atoms with van der Waals surface area (Å²) in [5, 5.41) is 0. The Kier molecular flexibility index (Phi) is 6.34. The van der Waals surface area contributed by atoms with E-state index >= 15 is 0 Å². The van der Waals surface area contributed by atoms with Crippen molar-refractivity contribution >= 4 is 12.5 Å². The molecule has 3 aromatic rings. The van der Waals surface area contributed by atoms with Gasteiger partial charge in [0, 0.05) is 11.8 Å². The maximum Gasteiger partial charge on any atom is 0.387 e. The summed E-state index contributed by atoms with van der Waals surface area (Å²) >= 11 is 0. The van der Waals surface area contributed by atoms with Crippen molar-refractivity contribution in [2.45, 2.75) is 12.2 Å². The van der Waals surface area contributed by atoms with Gasteiger partial charge in [0.15, 0.2) is 5.54 Å². The van der Waals surface area contributed by atoms with Crippen molar-refractivity contribution in [3.8, 4) is 22.6 Å². The number of alkyl halides is 2. The van der Waals surface area contributed by atoms with Crippen LogP contribution in [0.1, 0.15) is 11.1 Å². The van der Waals surface area contributed by atoms with Gasteiger partial charge in [-0.1, -0.05) is 30.3 Å². The highest BCUT2D eigenvalue weighted by atomic mass is 19.3. The highest BCUT2D eigenvalue weighted by Gasteiger charge is 2.41.